The van der Waals surface area contributed by atoms with Gasteiger partial charge in [-0.2, -0.15) is 0 Å². The van der Waals surface area contributed by atoms with Crippen molar-refractivity contribution in [3.8, 4) is 34.5 Å². The van der Waals surface area contributed by atoms with Crippen molar-refractivity contribution in [2.45, 2.75) is 52.7 Å². The molecule has 3 rings (SSSR count). The number of hydrogen-bond donors (Lipinski definition) is 0. The zero-order valence-electron chi connectivity index (χ0n) is 24.9. The maximum absolute atomic E-state index is 6.09. The fraction of sp³-hybridized carbons (Fsp3) is 0.353. The Morgan fingerprint density at radius 2 is 0.825 bits per heavy atom. The van der Waals surface area contributed by atoms with Gasteiger partial charge in [0.15, 0.2) is 23.0 Å². The number of methoxy groups -OCH3 is 4. The fourth-order valence-electron chi connectivity index (χ4n) is 3.97. The van der Waals surface area contributed by atoms with Gasteiger partial charge in [-0.05, 0) is 73.2 Å². The van der Waals surface area contributed by atoms with Crippen molar-refractivity contribution in [3.63, 3.8) is 0 Å². The van der Waals surface area contributed by atoms with Gasteiger partial charge >= 0.3 is 0 Å². The van der Waals surface area contributed by atoms with Gasteiger partial charge in [0.1, 0.15) is 0 Å². The van der Waals surface area contributed by atoms with Crippen molar-refractivity contribution < 1.29 is 28.4 Å². The highest BCUT2D eigenvalue weighted by Crippen LogP contribution is 2.40. The number of ether oxygens (including phenoxy) is 6. The normalized spacial score (nSPS) is 12.8. The Balaban J connectivity index is 1.80. The van der Waals surface area contributed by atoms with E-state index in [1.165, 1.54) is 0 Å². The molecular formula is C34H42O6. The van der Waals surface area contributed by atoms with Gasteiger partial charge in [-0.1, -0.05) is 62.4 Å². The molecule has 0 radical (unpaired) electrons. The third kappa shape index (κ3) is 7.98. The molecule has 40 heavy (non-hydrogen) atoms. The highest BCUT2D eigenvalue weighted by molar-refractivity contribution is 5.75. The van der Waals surface area contributed by atoms with Crippen molar-refractivity contribution in [2.75, 3.05) is 28.4 Å². The van der Waals surface area contributed by atoms with E-state index in [4.69, 9.17) is 28.4 Å². The predicted octanol–water partition coefficient (Wildman–Crippen LogP) is 8.42. The molecule has 6 nitrogen and oxygen atoms in total. The molecule has 3 aromatic rings. The Morgan fingerprint density at radius 3 is 1.12 bits per heavy atom. The second-order valence-corrected chi connectivity index (χ2v) is 9.52. The van der Waals surface area contributed by atoms with Gasteiger partial charge in [0.25, 0.3) is 0 Å². The van der Waals surface area contributed by atoms with Crippen LogP contribution in [-0.4, -0.2) is 40.6 Å². The van der Waals surface area contributed by atoms with E-state index in [-0.39, 0.29) is 12.2 Å². The Bertz CT molecular complexity index is 1190. The highest BCUT2D eigenvalue weighted by Gasteiger charge is 2.16. The molecule has 2 unspecified atom stereocenters. The molecule has 0 aliphatic rings. The van der Waals surface area contributed by atoms with Crippen LogP contribution >= 0.6 is 0 Å². The fourth-order valence-corrected chi connectivity index (χ4v) is 3.97. The monoisotopic (exact) mass is 546 g/mol. The first-order valence-electron chi connectivity index (χ1n) is 13.7. The molecule has 0 aliphatic heterocycles. The summed E-state index contributed by atoms with van der Waals surface area (Å²) >= 11 is 0. The highest BCUT2D eigenvalue weighted by atomic mass is 16.5. The molecule has 0 aliphatic carbocycles. The molecule has 0 heterocycles. The van der Waals surface area contributed by atoms with Crippen molar-refractivity contribution in [3.05, 3.63) is 70.8 Å². The first-order valence-corrected chi connectivity index (χ1v) is 13.7. The van der Waals surface area contributed by atoms with Crippen molar-refractivity contribution in [1.82, 2.24) is 0 Å². The van der Waals surface area contributed by atoms with E-state index in [1.807, 2.05) is 50.3 Å². The van der Waals surface area contributed by atoms with Crippen LogP contribution in [0.3, 0.4) is 0 Å². The SMILES string of the molecule is CCC(C)Oc1cc(C=Cc2ccc(C=Cc3cc(OC)c(OC)c(OC(C)CC)c3)cc2)cc(OC)c1OC. The van der Waals surface area contributed by atoms with Crippen molar-refractivity contribution in [1.29, 1.82) is 0 Å². The Morgan fingerprint density at radius 1 is 0.500 bits per heavy atom. The van der Waals surface area contributed by atoms with E-state index < -0.39 is 0 Å². The van der Waals surface area contributed by atoms with Crippen LogP contribution in [0.4, 0.5) is 0 Å². The Hall–Kier alpha value is -4.06. The standard InChI is InChI=1S/C34H42O6/c1-9-23(3)39-31-21-27(19-29(35-5)33(31)37-7)17-15-25-11-13-26(14-12-25)16-18-28-20-30(36-6)34(38-8)32(22-28)40-24(4)10-2/h11-24H,9-10H2,1-8H3. The molecule has 2 atom stereocenters. The van der Waals surface area contributed by atoms with Gasteiger partial charge in [-0.3, -0.25) is 0 Å². The van der Waals surface area contributed by atoms with Crippen LogP contribution in [0.1, 0.15) is 62.8 Å². The first-order chi connectivity index (χ1) is 19.3. The zero-order chi connectivity index (χ0) is 29.1. The summed E-state index contributed by atoms with van der Waals surface area (Å²) in [6.45, 7) is 8.25. The smallest absolute Gasteiger partial charge is 0.203 e. The van der Waals surface area contributed by atoms with E-state index in [0.717, 1.165) is 35.1 Å². The first kappa shape index (κ1) is 30.5. The van der Waals surface area contributed by atoms with Gasteiger partial charge in [-0.15, -0.1) is 0 Å². The molecule has 6 heteroatoms. The second kappa shape index (κ2) is 14.9. The average Bonchev–Trinajstić information content (AvgIpc) is 2.98. The maximum atomic E-state index is 6.09. The van der Waals surface area contributed by atoms with Crippen LogP contribution in [0.25, 0.3) is 24.3 Å². The Kier molecular flexibility index (Phi) is 11.4. The molecule has 0 fully saturated rings. The minimum atomic E-state index is 0.0662. The van der Waals surface area contributed by atoms with E-state index in [1.54, 1.807) is 28.4 Å². The molecule has 214 valence electrons. The van der Waals surface area contributed by atoms with E-state index in [9.17, 15) is 0 Å². The van der Waals surface area contributed by atoms with E-state index in [2.05, 4.69) is 50.3 Å². The zero-order valence-corrected chi connectivity index (χ0v) is 24.9. The molecule has 0 N–H and O–H groups in total. The van der Waals surface area contributed by atoms with Crippen LogP contribution in [0.2, 0.25) is 0 Å². The molecule has 0 bridgehead atoms. The molecule has 0 amide bonds. The lowest BCUT2D eigenvalue weighted by Gasteiger charge is -2.18. The minimum Gasteiger partial charge on any atom is -0.493 e. The lowest BCUT2D eigenvalue weighted by molar-refractivity contribution is 0.205. The number of benzene rings is 3. The summed E-state index contributed by atoms with van der Waals surface area (Å²) in [4.78, 5) is 0. The van der Waals surface area contributed by atoms with Crippen LogP contribution in [-0.2, 0) is 0 Å². The van der Waals surface area contributed by atoms with Crippen molar-refractivity contribution in [2.24, 2.45) is 0 Å². The lowest BCUT2D eigenvalue weighted by atomic mass is 10.1. The summed E-state index contributed by atoms with van der Waals surface area (Å²) in [7, 11) is 6.51. The van der Waals surface area contributed by atoms with Gasteiger partial charge in [0, 0.05) is 0 Å². The summed E-state index contributed by atoms with van der Waals surface area (Å²) in [6, 6.07) is 16.2. The summed E-state index contributed by atoms with van der Waals surface area (Å²) in [5, 5.41) is 0. The molecule has 3 aromatic carbocycles. The topological polar surface area (TPSA) is 55.4 Å². The van der Waals surface area contributed by atoms with Gasteiger partial charge in [0.2, 0.25) is 11.5 Å². The molecule has 0 spiro atoms. The number of rotatable bonds is 14. The number of hydrogen-bond acceptors (Lipinski definition) is 6. The van der Waals surface area contributed by atoms with Gasteiger partial charge in [-0.25, -0.2) is 0 Å². The van der Waals surface area contributed by atoms with Crippen LogP contribution in [0.5, 0.6) is 34.5 Å². The van der Waals surface area contributed by atoms with Crippen LogP contribution in [0, 0.1) is 0 Å². The predicted molar refractivity (Wildman–Crippen MR) is 164 cm³/mol. The molecule has 0 saturated carbocycles. The largest absolute Gasteiger partial charge is 0.493 e. The molecule has 0 aromatic heterocycles. The lowest BCUT2D eigenvalue weighted by Crippen LogP contribution is -2.11. The van der Waals surface area contributed by atoms with Gasteiger partial charge in [0.05, 0.1) is 40.6 Å². The van der Waals surface area contributed by atoms with Crippen LogP contribution < -0.4 is 28.4 Å². The maximum Gasteiger partial charge on any atom is 0.203 e. The summed E-state index contributed by atoms with van der Waals surface area (Å²) in [5.74, 6) is 3.81. The average molecular weight is 547 g/mol. The quantitative estimate of drug-likeness (QED) is 0.189. The van der Waals surface area contributed by atoms with Gasteiger partial charge < -0.3 is 28.4 Å². The summed E-state index contributed by atoms with van der Waals surface area (Å²) < 4.78 is 34.4. The Labute approximate surface area is 239 Å². The summed E-state index contributed by atoms with van der Waals surface area (Å²) in [5.41, 5.74) is 4.07. The minimum absolute atomic E-state index is 0.0662. The molecular weight excluding hydrogens is 504 g/mol. The van der Waals surface area contributed by atoms with E-state index >= 15 is 0 Å². The van der Waals surface area contributed by atoms with E-state index in [0.29, 0.717) is 34.5 Å². The third-order valence-corrected chi connectivity index (χ3v) is 6.61. The third-order valence-electron chi connectivity index (χ3n) is 6.61. The summed E-state index contributed by atoms with van der Waals surface area (Å²) in [6.07, 6.45) is 10.1. The van der Waals surface area contributed by atoms with Crippen LogP contribution in [0.15, 0.2) is 48.5 Å². The molecule has 0 saturated heterocycles. The van der Waals surface area contributed by atoms with Crippen molar-refractivity contribution >= 4 is 24.3 Å². The second-order valence-electron chi connectivity index (χ2n) is 9.52.